The molecule has 2 aromatic carbocycles. The number of rotatable bonds is 4. The summed E-state index contributed by atoms with van der Waals surface area (Å²) in [5.41, 5.74) is -0.254. The highest BCUT2D eigenvalue weighted by molar-refractivity contribution is 7.22. The molecule has 3 aromatic rings. The summed E-state index contributed by atoms with van der Waals surface area (Å²) < 4.78 is 6.74. The molecule has 1 N–H and O–H groups in total. The van der Waals surface area contributed by atoms with E-state index >= 15 is 0 Å². The van der Waals surface area contributed by atoms with E-state index in [4.69, 9.17) is 16.3 Å². The van der Waals surface area contributed by atoms with Crippen LogP contribution in [-0.2, 0) is 4.79 Å². The van der Waals surface area contributed by atoms with Gasteiger partial charge in [-0.25, -0.2) is 4.98 Å². The fraction of sp³-hybridized carbons (Fsp3) is 0.176. The van der Waals surface area contributed by atoms with Crippen LogP contribution in [0.1, 0.15) is 13.8 Å². The first-order chi connectivity index (χ1) is 10.9. The van der Waals surface area contributed by atoms with Gasteiger partial charge in [0, 0.05) is 5.02 Å². The van der Waals surface area contributed by atoms with Crippen LogP contribution in [0.25, 0.3) is 10.2 Å². The van der Waals surface area contributed by atoms with Crippen LogP contribution in [0, 0.1) is 0 Å². The number of hydrogen-bond donors (Lipinski definition) is 1. The molecule has 1 heterocycles. The summed E-state index contributed by atoms with van der Waals surface area (Å²) in [6.07, 6.45) is 0. The van der Waals surface area contributed by atoms with Crippen molar-refractivity contribution >= 4 is 44.2 Å². The standard InChI is InChI=1S/C17H15ClN2O2S/c1-17(2,22-12-6-4-3-5-7-12)15(21)20-16-19-13-10-11(18)8-9-14(13)23-16/h3-10H,1-2H3,(H,19,20,21). The van der Waals surface area contributed by atoms with Crippen LogP contribution in [-0.4, -0.2) is 16.5 Å². The Balaban J connectivity index is 1.76. The van der Waals surface area contributed by atoms with E-state index in [0.29, 0.717) is 15.9 Å². The Morgan fingerprint density at radius 1 is 1.22 bits per heavy atom. The van der Waals surface area contributed by atoms with Gasteiger partial charge in [-0.3, -0.25) is 10.1 Å². The quantitative estimate of drug-likeness (QED) is 0.742. The Morgan fingerprint density at radius 2 is 1.96 bits per heavy atom. The van der Waals surface area contributed by atoms with Gasteiger partial charge in [0.1, 0.15) is 5.75 Å². The van der Waals surface area contributed by atoms with Crippen LogP contribution in [0.3, 0.4) is 0 Å². The number of carbonyl (C=O) groups is 1. The van der Waals surface area contributed by atoms with Gasteiger partial charge in [0.2, 0.25) is 0 Å². The van der Waals surface area contributed by atoms with Crippen LogP contribution in [0.15, 0.2) is 48.5 Å². The maximum atomic E-state index is 12.5. The molecule has 3 rings (SSSR count). The average Bonchev–Trinajstić information content (AvgIpc) is 2.89. The van der Waals surface area contributed by atoms with E-state index in [1.807, 2.05) is 36.4 Å². The number of para-hydroxylation sites is 1. The lowest BCUT2D eigenvalue weighted by Gasteiger charge is -2.24. The van der Waals surface area contributed by atoms with E-state index in [2.05, 4.69) is 10.3 Å². The number of fused-ring (bicyclic) bond motifs is 1. The number of amides is 1. The summed E-state index contributed by atoms with van der Waals surface area (Å²) in [4.78, 5) is 16.9. The molecule has 4 nitrogen and oxygen atoms in total. The number of hydrogen-bond acceptors (Lipinski definition) is 4. The molecular weight excluding hydrogens is 332 g/mol. The minimum absolute atomic E-state index is 0.258. The second kappa shape index (κ2) is 6.18. The number of nitrogens with one attached hydrogen (secondary N) is 1. The summed E-state index contributed by atoms with van der Waals surface area (Å²) >= 11 is 7.35. The highest BCUT2D eigenvalue weighted by atomic mass is 35.5. The van der Waals surface area contributed by atoms with Crippen LogP contribution >= 0.6 is 22.9 Å². The van der Waals surface area contributed by atoms with E-state index in [-0.39, 0.29) is 5.91 Å². The molecule has 0 aliphatic carbocycles. The average molecular weight is 347 g/mol. The Kier molecular flexibility index (Phi) is 4.24. The third kappa shape index (κ3) is 3.63. The number of ether oxygens (including phenoxy) is 1. The fourth-order valence-electron chi connectivity index (χ4n) is 2.03. The molecule has 1 aromatic heterocycles. The number of aromatic nitrogens is 1. The molecule has 118 valence electrons. The van der Waals surface area contributed by atoms with Crippen molar-refractivity contribution in [2.24, 2.45) is 0 Å². The van der Waals surface area contributed by atoms with Gasteiger partial charge in [-0.05, 0) is 44.2 Å². The second-order valence-electron chi connectivity index (χ2n) is 5.51. The molecule has 0 saturated carbocycles. The van der Waals surface area contributed by atoms with Crippen LogP contribution in [0.4, 0.5) is 5.13 Å². The summed E-state index contributed by atoms with van der Waals surface area (Å²) in [7, 11) is 0. The van der Waals surface area contributed by atoms with Gasteiger partial charge >= 0.3 is 0 Å². The number of nitrogens with zero attached hydrogens (tertiary/aromatic N) is 1. The van der Waals surface area contributed by atoms with Gasteiger partial charge in [0.05, 0.1) is 10.2 Å². The lowest BCUT2D eigenvalue weighted by molar-refractivity contribution is -0.128. The summed E-state index contributed by atoms with van der Waals surface area (Å²) in [5.74, 6) is 0.384. The van der Waals surface area contributed by atoms with E-state index in [1.54, 1.807) is 26.0 Å². The molecule has 0 saturated heterocycles. The van der Waals surface area contributed by atoms with E-state index in [9.17, 15) is 4.79 Å². The molecule has 0 aliphatic heterocycles. The van der Waals surface area contributed by atoms with Crippen LogP contribution in [0.5, 0.6) is 5.75 Å². The zero-order valence-electron chi connectivity index (χ0n) is 12.7. The first kappa shape index (κ1) is 15.8. The van der Waals surface area contributed by atoms with E-state index in [1.165, 1.54) is 11.3 Å². The van der Waals surface area contributed by atoms with Gasteiger partial charge in [0.15, 0.2) is 10.7 Å². The van der Waals surface area contributed by atoms with Gasteiger partial charge < -0.3 is 4.74 Å². The maximum absolute atomic E-state index is 12.5. The Labute approximate surface area is 143 Å². The molecule has 0 fully saturated rings. The zero-order chi connectivity index (χ0) is 16.4. The molecule has 0 atom stereocenters. The predicted octanol–water partition coefficient (Wildman–Crippen LogP) is 4.75. The summed E-state index contributed by atoms with van der Waals surface area (Å²) in [6.45, 7) is 3.44. The molecule has 1 amide bonds. The number of benzene rings is 2. The second-order valence-corrected chi connectivity index (χ2v) is 6.98. The van der Waals surface area contributed by atoms with Crippen molar-refractivity contribution in [3.05, 3.63) is 53.6 Å². The van der Waals surface area contributed by atoms with Crippen molar-refractivity contribution in [3.8, 4) is 5.75 Å². The third-order valence-corrected chi connectivity index (χ3v) is 4.42. The minimum atomic E-state index is -1.02. The largest absolute Gasteiger partial charge is 0.478 e. The number of thiazole rings is 1. The van der Waals surface area contributed by atoms with Gasteiger partial charge in [0.25, 0.3) is 5.91 Å². The molecular formula is C17H15ClN2O2S. The van der Waals surface area contributed by atoms with Gasteiger partial charge in [-0.15, -0.1) is 0 Å². The molecule has 0 radical (unpaired) electrons. The number of halogens is 1. The number of carbonyl (C=O) groups excluding carboxylic acids is 1. The van der Waals surface area contributed by atoms with Crippen molar-refractivity contribution in [1.82, 2.24) is 4.98 Å². The van der Waals surface area contributed by atoms with Crippen LogP contribution in [0.2, 0.25) is 5.02 Å². The SMILES string of the molecule is CC(C)(Oc1ccccc1)C(=O)Nc1nc2cc(Cl)ccc2s1. The number of anilines is 1. The highest BCUT2D eigenvalue weighted by Gasteiger charge is 2.30. The fourth-order valence-corrected chi connectivity index (χ4v) is 3.04. The monoisotopic (exact) mass is 346 g/mol. The first-order valence-electron chi connectivity index (χ1n) is 7.06. The normalized spacial score (nSPS) is 11.4. The van der Waals surface area contributed by atoms with Crippen molar-refractivity contribution < 1.29 is 9.53 Å². The van der Waals surface area contributed by atoms with Crippen molar-refractivity contribution in [2.75, 3.05) is 5.32 Å². The summed E-state index contributed by atoms with van der Waals surface area (Å²) in [6, 6.07) is 14.7. The smallest absolute Gasteiger partial charge is 0.269 e. The minimum Gasteiger partial charge on any atom is -0.478 e. The lowest BCUT2D eigenvalue weighted by Crippen LogP contribution is -2.42. The summed E-state index contributed by atoms with van der Waals surface area (Å²) in [5, 5.41) is 3.96. The van der Waals surface area contributed by atoms with Gasteiger partial charge in [-0.2, -0.15) is 0 Å². The first-order valence-corrected chi connectivity index (χ1v) is 8.25. The van der Waals surface area contributed by atoms with Crippen LogP contribution < -0.4 is 10.1 Å². The topological polar surface area (TPSA) is 51.2 Å². The van der Waals surface area contributed by atoms with Crippen molar-refractivity contribution in [1.29, 1.82) is 0 Å². The van der Waals surface area contributed by atoms with Crippen molar-refractivity contribution in [2.45, 2.75) is 19.4 Å². The maximum Gasteiger partial charge on any atom is 0.269 e. The molecule has 0 spiro atoms. The third-order valence-electron chi connectivity index (χ3n) is 3.23. The van der Waals surface area contributed by atoms with Gasteiger partial charge in [-0.1, -0.05) is 41.1 Å². The Hall–Kier alpha value is -2.11. The molecule has 0 unspecified atom stereocenters. The highest BCUT2D eigenvalue weighted by Crippen LogP contribution is 2.29. The molecule has 0 bridgehead atoms. The molecule has 0 aliphatic rings. The van der Waals surface area contributed by atoms with Crippen molar-refractivity contribution in [3.63, 3.8) is 0 Å². The predicted molar refractivity (Wildman–Crippen MR) is 94.4 cm³/mol. The van der Waals surface area contributed by atoms with E-state index < -0.39 is 5.60 Å². The Bertz CT molecular complexity index is 846. The Morgan fingerprint density at radius 3 is 2.70 bits per heavy atom. The molecule has 6 heteroatoms. The zero-order valence-corrected chi connectivity index (χ0v) is 14.2. The van der Waals surface area contributed by atoms with E-state index in [0.717, 1.165) is 10.2 Å². The molecule has 23 heavy (non-hydrogen) atoms. The lowest BCUT2D eigenvalue weighted by atomic mass is 10.1.